The van der Waals surface area contributed by atoms with Gasteiger partial charge in [0.25, 0.3) is 0 Å². The zero-order chi connectivity index (χ0) is 14.2. The number of halogens is 1. The minimum absolute atomic E-state index is 0.0430. The summed E-state index contributed by atoms with van der Waals surface area (Å²) in [6, 6.07) is 12.4. The van der Waals surface area contributed by atoms with Crippen LogP contribution in [0.1, 0.15) is 0 Å². The molecule has 0 aliphatic carbocycles. The minimum Gasteiger partial charge on any atom is -0.464 e. The normalized spacial score (nSPS) is 11.7. The zero-order valence-electron chi connectivity index (χ0n) is 10.1. The van der Waals surface area contributed by atoms with E-state index in [9.17, 15) is 8.42 Å². The molecule has 0 aliphatic heterocycles. The monoisotopic (exact) mass is 308 g/mol. The highest BCUT2D eigenvalue weighted by Crippen LogP contribution is 2.25. The van der Waals surface area contributed by atoms with Crippen LogP contribution in [0.15, 0.2) is 64.1 Å². The lowest BCUT2D eigenvalue weighted by molar-refractivity contribution is 0.485. The van der Waals surface area contributed by atoms with Crippen LogP contribution in [0.2, 0.25) is 5.02 Å². The predicted molar refractivity (Wildman–Crippen MR) is 75.5 cm³/mol. The van der Waals surface area contributed by atoms with E-state index in [0.717, 1.165) is 5.39 Å². The van der Waals surface area contributed by atoms with Crippen molar-refractivity contribution in [3.63, 3.8) is 0 Å². The number of furan rings is 1. The first-order chi connectivity index (χ1) is 9.54. The van der Waals surface area contributed by atoms with Gasteiger partial charge in [-0.25, -0.2) is 0 Å². The molecular weight excluding hydrogens is 300 g/mol. The van der Waals surface area contributed by atoms with E-state index < -0.39 is 10.1 Å². The molecule has 6 heteroatoms. The van der Waals surface area contributed by atoms with Gasteiger partial charge in [-0.15, -0.1) is 0 Å². The number of hydrogen-bond acceptors (Lipinski definition) is 4. The van der Waals surface area contributed by atoms with Crippen LogP contribution in [0.25, 0.3) is 11.0 Å². The summed E-state index contributed by atoms with van der Waals surface area (Å²) in [6.07, 6.45) is 1.53. The fourth-order valence-corrected chi connectivity index (χ4v) is 2.81. The maximum absolute atomic E-state index is 12.1. The highest BCUT2D eigenvalue weighted by Gasteiger charge is 2.16. The van der Waals surface area contributed by atoms with Crippen LogP contribution in [0.3, 0.4) is 0 Å². The average molecular weight is 309 g/mol. The summed E-state index contributed by atoms with van der Waals surface area (Å²) in [7, 11) is -3.88. The number of fused-ring (bicyclic) bond motifs is 1. The largest absolute Gasteiger partial charge is 0.464 e. The average Bonchev–Trinajstić information content (AvgIpc) is 2.86. The van der Waals surface area contributed by atoms with Gasteiger partial charge in [0.05, 0.1) is 6.26 Å². The van der Waals surface area contributed by atoms with Crippen LogP contribution in [0.4, 0.5) is 0 Å². The van der Waals surface area contributed by atoms with Crippen molar-refractivity contribution in [2.24, 2.45) is 0 Å². The van der Waals surface area contributed by atoms with Crippen molar-refractivity contribution < 1.29 is 17.0 Å². The first kappa shape index (κ1) is 13.0. The Labute approximate surface area is 120 Å². The van der Waals surface area contributed by atoms with Gasteiger partial charge in [0.15, 0.2) is 0 Å². The quantitative estimate of drug-likeness (QED) is 0.690. The fourth-order valence-electron chi connectivity index (χ4n) is 1.76. The van der Waals surface area contributed by atoms with Crippen LogP contribution in [-0.2, 0) is 10.1 Å². The van der Waals surface area contributed by atoms with Gasteiger partial charge in [0, 0.05) is 16.5 Å². The molecular formula is C14H9ClO4S. The number of rotatable bonds is 3. The van der Waals surface area contributed by atoms with E-state index in [4.69, 9.17) is 20.2 Å². The van der Waals surface area contributed by atoms with Gasteiger partial charge in [0.2, 0.25) is 0 Å². The van der Waals surface area contributed by atoms with Gasteiger partial charge in [-0.3, -0.25) is 0 Å². The van der Waals surface area contributed by atoms with Crippen molar-refractivity contribution in [3.05, 3.63) is 59.8 Å². The predicted octanol–water partition coefficient (Wildman–Crippen LogP) is 3.85. The Hall–Kier alpha value is -1.98. The molecule has 0 aliphatic rings. The van der Waals surface area contributed by atoms with E-state index in [1.54, 1.807) is 18.2 Å². The van der Waals surface area contributed by atoms with Gasteiger partial charge < -0.3 is 8.60 Å². The molecule has 1 aromatic heterocycles. The Balaban J connectivity index is 1.94. The molecule has 1 heterocycles. The molecule has 0 spiro atoms. The molecule has 20 heavy (non-hydrogen) atoms. The van der Waals surface area contributed by atoms with Crippen molar-refractivity contribution in [3.8, 4) is 5.75 Å². The van der Waals surface area contributed by atoms with Crippen LogP contribution in [0, 0.1) is 0 Å². The van der Waals surface area contributed by atoms with Crippen molar-refractivity contribution in [1.29, 1.82) is 0 Å². The molecule has 0 amide bonds. The van der Waals surface area contributed by atoms with E-state index in [-0.39, 0.29) is 10.6 Å². The van der Waals surface area contributed by atoms with Gasteiger partial charge >= 0.3 is 10.1 Å². The maximum atomic E-state index is 12.1. The molecule has 0 fully saturated rings. The van der Waals surface area contributed by atoms with Gasteiger partial charge in [0.1, 0.15) is 16.2 Å². The smallest absolute Gasteiger partial charge is 0.339 e. The summed E-state index contributed by atoms with van der Waals surface area (Å²) in [5.41, 5.74) is 0.564. The van der Waals surface area contributed by atoms with Crippen molar-refractivity contribution in [2.45, 2.75) is 4.90 Å². The third kappa shape index (κ3) is 2.50. The second-order valence-corrected chi connectivity index (χ2v) is 6.09. The Morgan fingerprint density at radius 1 is 1.00 bits per heavy atom. The molecule has 0 saturated heterocycles. The van der Waals surface area contributed by atoms with Gasteiger partial charge in [-0.05, 0) is 42.5 Å². The van der Waals surface area contributed by atoms with Crippen LogP contribution in [-0.4, -0.2) is 8.42 Å². The van der Waals surface area contributed by atoms with E-state index in [0.29, 0.717) is 10.6 Å². The summed E-state index contributed by atoms with van der Waals surface area (Å²) >= 11 is 5.73. The van der Waals surface area contributed by atoms with Crippen molar-refractivity contribution in [2.75, 3.05) is 0 Å². The molecule has 0 unspecified atom stereocenters. The summed E-state index contributed by atoms with van der Waals surface area (Å²) in [4.78, 5) is 0.0430. The van der Waals surface area contributed by atoms with Crippen molar-refractivity contribution in [1.82, 2.24) is 0 Å². The zero-order valence-corrected chi connectivity index (χ0v) is 11.7. The van der Waals surface area contributed by atoms with E-state index in [2.05, 4.69) is 0 Å². The summed E-state index contributed by atoms with van der Waals surface area (Å²) in [6.45, 7) is 0. The first-order valence-corrected chi connectivity index (χ1v) is 7.50. The molecule has 0 N–H and O–H groups in total. The Bertz CT molecular complexity index is 850. The van der Waals surface area contributed by atoms with Crippen LogP contribution < -0.4 is 4.18 Å². The Kier molecular flexibility index (Phi) is 3.16. The minimum atomic E-state index is -3.88. The molecule has 102 valence electrons. The third-order valence-electron chi connectivity index (χ3n) is 2.74. The Morgan fingerprint density at radius 2 is 1.75 bits per heavy atom. The van der Waals surface area contributed by atoms with Gasteiger partial charge in [-0.2, -0.15) is 8.42 Å². The molecule has 0 bridgehead atoms. The molecule has 3 rings (SSSR count). The topological polar surface area (TPSA) is 56.5 Å². The number of hydrogen-bond donors (Lipinski definition) is 0. The highest BCUT2D eigenvalue weighted by molar-refractivity contribution is 7.87. The van der Waals surface area contributed by atoms with Crippen LogP contribution in [0.5, 0.6) is 5.75 Å². The second kappa shape index (κ2) is 4.85. The molecule has 2 aromatic carbocycles. The molecule has 0 radical (unpaired) electrons. The Morgan fingerprint density at radius 3 is 2.50 bits per heavy atom. The van der Waals surface area contributed by atoms with Crippen LogP contribution >= 0.6 is 11.6 Å². The fraction of sp³-hybridized carbons (Fsp3) is 0. The molecule has 3 aromatic rings. The van der Waals surface area contributed by atoms with E-state index in [1.807, 2.05) is 0 Å². The highest BCUT2D eigenvalue weighted by atomic mass is 35.5. The number of benzene rings is 2. The molecule has 4 nitrogen and oxygen atoms in total. The lowest BCUT2D eigenvalue weighted by Crippen LogP contribution is -2.09. The summed E-state index contributed by atoms with van der Waals surface area (Å²) < 4.78 is 34.5. The van der Waals surface area contributed by atoms with E-state index >= 15 is 0 Å². The van der Waals surface area contributed by atoms with E-state index in [1.165, 1.54) is 36.6 Å². The van der Waals surface area contributed by atoms with Gasteiger partial charge in [-0.1, -0.05) is 11.6 Å². The summed E-state index contributed by atoms with van der Waals surface area (Å²) in [5.74, 6) is 0.197. The maximum Gasteiger partial charge on any atom is 0.339 e. The third-order valence-corrected chi connectivity index (χ3v) is 4.25. The standard InChI is InChI=1S/C14H9ClO4S/c15-11-2-5-13(6-3-11)20(16,17)19-12-4-1-10-7-8-18-14(10)9-12/h1-9H. The SMILES string of the molecule is O=S(=O)(Oc1ccc2ccoc2c1)c1ccc(Cl)cc1. The first-order valence-electron chi connectivity index (χ1n) is 5.72. The lowest BCUT2D eigenvalue weighted by atomic mass is 10.2. The molecule has 0 saturated carbocycles. The molecule has 0 atom stereocenters. The second-order valence-electron chi connectivity index (χ2n) is 4.11. The summed E-state index contributed by atoms with van der Waals surface area (Å²) in [5, 5.41) is 1.34. The lowest BCUT2D eigenvalue weighted by Gasteiger charge is -2.06. The van der Waals surface area contributed by atoms with Crippen molar-refractivity contribution >= 4 is 32.7 Å².